The Bertz CT molecular complexity index is 163. The van der Waals surface area contributed by atoms with E-state index in [0.717, 1.165) is 0 Å². The molecule has 6 nitrogen and oxygen atoms in total. The van der Waals surface area contributed by atoms with Crippen molar-refractivity contribution in [2.24, 2.45) is 0 Å². The van der Waals surface area contributed by atoms with Crippen LogP contribution in [0, 0.1) is 0 Å². The number of hydrogen-bond donors (Lipinski definition) is 5. The summed E-state index contributed by atoms with van der Waals surface area (Å²) in [4.78, 5) is 10.8. The first kappa shape index (κ1) is 9.56. The van der Waals surface area contributed by atoms with Gasteiger partial charge in [-0.2, -0.15) is 0 Å². The molecule has 0 aliphatic rings. The number of aliphatic hydroxyl groups is 5. The summed E-state index contributed by atoms with van der Waals surface area (Å²) in [5, 5.41) is 38.8. The highest BCUT2D eigenvalue weighted by atomic mass is 16.4. The van der Waals surface area contributed by atoms with Gasteiger partial charge in [-0.05, 0) is 0 Å². The fourth-order valence-electron chi connectivity index (χ4n) is 0.594. The highest BCUT2D eigenvalue weighted by Crippen LogP contribution is 2.00. The summed E-state index contributed by atoms with van der Waals surface area (Å²) in [6.45, 7) is -1.45. The van der Waals surface area contributed by atoms with E-state index in [1.807, 2.05) is 0 Å². The molecule has 12 heavy (non-hydrogen) atoms. The number of aliphatic hydroxyl groups excluding tert-OH is 5. The van der Waals surface area contributed by atoms with Crippen molar-refractivity contribution < 1.29 is 30.3 Å². The Morgan fingerprint density at radius 1 is 1.42 bits per heavy atom. The van der Waals surface area contributed by atoms with Crippen molar-refractivity contribution in [3.05, 3.63) is 0 Å². The Hall–Kier alpha value is -0.530. The first-order valence-corrected chi connectivity index (χ1v) is 3.30. The third kappa shape index (κ3) is 2.84. The van der Waals surface area contributed by atoms with Crippen LogP contribution in [0.1, 0.15) is 0 Å². The number of Topliss-reactive ketones (excluding diaryl/α,β-unsaturated/α-hetero) is 1. The first-order chi connectivity index (χ1) is 6.04. The molecule has 0 saturated heterocycles. The Labute approximate surface area is 70.2 Å². The Morgan fingerprint density at radius 2 is 2.00 bits per heavy atom. The molecule has 0 aliphatic carbocycles. The SMILES string of the molecule is [2H]OCC(=O)[C@@H](O)[C@H](O)[C@H](O)CO. The molecule has 0 amide bonds. The Kier molecular flexibility index (Phi) is 4.12. The molecular weight excluding hydrogens is 168 g/mol. The average molecular weight is 181 g/mol. The van der Waals surface area contributed by atoms with Crippen LogP contribution in [0.3, 0.4) is 0 Å². The van der Waals surface area contributed by atoms with Crippen LogP contribution >= 0.6 is 0 Å². The molecule has 0 aliphatic heterocycles. The van der Waals surface area contributed by atoms with Gasteiger partial charge in [-0.3, -0.25) is 4.79 Å². The van der Waals surface area contributed by atoms with Gasteiger partial charge in [-0.1, -0.05) is 0 Å². The van der Waals surface area contributed by atoms with E-state index in [2.05, 4.69) is 5.11 Å². The predicted molar refractivity (Wildman–Crippen MR) is 37.2 cm³/mol. The van der Waals surface area contributed by atoms with E-state index in [1.165, 1.54) is 0 Å². The van der Waals surface area contributed by atoms with Crippen LogP contribution in [0.25, 0.3) is 0 Å². The van der Waals surface area contributed by atoms with Crippen molar-refractivity contribution in [1.82, 2.24) is 0 Å². The van der Waals surface area contributed by atoms with Gasteiger partial charge in [0, 0.05) is 0 Å². The molecule has 0 saturated carbocycles. The number of ketones is 1. The molecule has 0 heterocycles. The summed E-state index contributed by atoms with van der Waals surface area (Å²) in [6.07, 6.45) is -5.22. The van der Waals surface area contributed by atoms with Gasteiger partial charge in [0.25, 0.3) is 0 Å². The number of carbonyl (C=O) groups excluding carboxylic acids is 1. The second kappa shape index (κ2) is 5.18. The maximum absolute atomic E-state index is 10.8. The molecule has 72 valence electrons. The van der Waals surface area contributed by atoms with Gasteiger partial charge in [0.2, 0.25) is 1.43 Å². The van der Waals surface area contributed by atoms with Crippen LogP contribution in [0.4, 0.5) is 0 Å². The van der Waals surface area contributed by atoms with E-state index in [4.69, 9.17) is 21.9 Å². The summed E-state index contributed by atoms with van der Waals surface area (Å²) >= 11 is 0. The van der Waals surface area contributed by atoms with E-state index in [0.29, 0.717) is 0 Å². The van der Waals surface area contributed by atoms with Gasteiger partial charge < -0.3 is 25.5 Å². The lowest BCUT2D eigenvalue weighted by atomic mass is 10.1. The van der Waals surface area contributed by atoms with Gasteiger partial charge in [-0.25, -0.2) is 0 Å². The molecule has 3 atom stereocenters. The van der Waals surface area contributed by atoms with Crippen molar-refractivity contribution in [3.63, 3.8) is 0 Å². The minimum absolute atomic E-state index is 0.684. The fraction of sp³-hybridized carbons (Fsp3) is 0.833. The molecule has 0 aromatic carbocycles. The Balaban J connectivity index is 4.07. The van der Waals surface area contributed by atoms with E-state index in [-0.39, 0.29) is 0 Å². The molecule has 0 spiro atoms. The highest BCUT2D eigenvalue weighted by molar-refractivity contribution is 5.84. The van der Waals surface area contributed by atoms with Gasteiger partial charge >= 0.3 is 0 Å². The van der Waals surface area contributed by atoms with Crippen LogP contribution in [0.5, 0.6) is 0 Å². The molecule has 0 unspecified atom stereocenters. The molecule has 5 N–H and O–H groups in total. The highest BCUT2D eigenvalue weighted by Gasteiger charge is 2.28. The van der Waals surface area contributed by atoms with Crippen LogP contribution in [-0.2, 0) is 4.79 Å². The summed E-state index contributed by atoms with van der Waals surface area (Å²) < 4.78 is 6.19. The fourth-order valence-corrected chi connectivity index (χ4v) is 0.594. The quantitative estimate of drug-likeness (QED) is 0.292. The topological polar surface area (TPSA) is 118 Å². The number of carbonyl (C=O) groups is 1. The lowest BCUT2D eigenvalue weighted by molar-refractivity contribution is -0.142. The second-order valence-electron chi connectivity index (χ2n) is 2.30. The van der Waals surface area contributed by atoms with E-state index < -0.39 is 37.3 Å². The van der Waals surface area contributed by atoms with Crippen LogP contribution in [0.2, 0.25) is 0 Å². The van der Waals surface area contributed by atoms with Crippen LogP contribution in [0.15, 0.2) is 0 Å². The maximum atomic E-state index is 10.8. The lowest BCUT2D eigenvalue weighted by Gasteiger charge is -2.19. The largest absolute Gasteiger partial charge is 0.394 e. The van der Waals surface area contributed by atoms with E-state index >= 15 is 0 Å². The third-order valence-electron chi connectivity index (χ3n) is 1.38. The first-order valence-electron chi connectivity index (χ1n) is 3.71. The van der Waals surface area contributed by atoms with Gasteiger partial charge in [0.15, 0.2) is 5.78 Å². The zero-order valence-corrected chi connectivity index (χ0v) is 6.25. The van der Waals surface area contributed by atoms with Gasteiger partial charge in [0.1, 0.15) is 24.9 Å². The normalized spacial score (nSPS) is 19.5. The average Bonchev–Trinajstić information content (AvgIpc) is 2.14. The van der Waals surface area contributed by atoms with Crippen LogP contribution in [-0.4, -0.2) is 64.3 Å². The van der Waals surface area contributed by atoms with Crippen molar-refractivity contribution in [3.8, 4) is 0 Å². The maximum Gasteiger partial charge on any atom is 0.211 e. The molecule has 0 rings (SSSR count). The minimum atomic E-state index is -1.85. The molecule has 0 bridgehead atoms. The van der Waals surface area contributed by atoms with Gasteiger partial charge in [0.05, 0.1) is 6.61 Å². The molecule has 0 aromatic rings. The summed E-state index contributed by atoms with van der Waals surface area (Å²) in [6, 6.07) is 0. The van der Waals surface area contributed by atoms with Crippen LogP contribution < -0.4 is 0 Å². The van der Waals surface area contributed by atoms with Crippen molar-refractivity contribution >= 4 is 5.78 Å². The third-order valence-corrected chi connectivity index (χ3v) is 1.38. The summed E-state index contributed by atoms with van der Waals surface area (Å²) in [5.74, 6) is -0.935. The lowest BCUT2D eigenvalue weighted by Crippen LogP contribution is -2.44. The standard InChI is InChI=1S/C6H12O6/c7-1-3(9)5(11)6(12)4(10)2-8/h3,5-9,11-12H,1-2H2/t3-,5-,6-/m1/s1/i8D. The second-order valence-corrected chi connectivity index (χ2v) is 2.30. The van der Waals surface area contributed by atoms with Crippen molar-refractivity contribution in [2.45, 2.75) is 18.3 Å². The Morgan fingerprint density at radius 3 is 2.42 bits per heavy atom. The summed E-state index contributed by atoms with van der Waals surface area (Å²) in [7, 11) is 0. The number of hydrogen-bond acceptors (Lipinski definition) is 6. The smallest absolute Gasteiger partial charge is 0.211 e. The number of rotatable bonds is 6. The minimum Gasteiger partial charge on any atom is -0.394 e. The van der Waals surface area contributed by atoms with E-state index in [1.54, 1.807) is 0 Å². The van der Waals surface area contributed by atoms with Gasteiger partial charge in [-0.15, -0.1) is 0 Å². The predicted octanol–water partition coefficient (Wildman–Crippen LogP) is -3.38. The molecular formula is C6H12O6. The van der Waals surface area contributed by atoms with E-state index in [9.17, 15) is 4.79 Å². The molecule has 6 heteroatoms. The van der Waals surface area contributed by atoms with Crippen molar-refractivity contribution in [1.29, 1.82) is 1.43 Å². The van der Waals surface area contributed by atoms with Crippen molar-refractivity contribution in [2.75, 3.05) is 13.2 Å². The zero-order valence-electron chi connectivity index (χ0n) is 7.25. The zero-order chi connectivity index (χ0) is 10.4. The molecule has 0 radical (unpaired) electrons. The summed E-state index contributed by atoms with van der Waals surface area (Å²) in [5.41, 5.74) is 0. The monoisotopic (exact) mass is 181 g/mol. The molecule has 0 aromatic heterocycles. The molecule has 0 fully saturated rings.